The number of methoxy groups -OCH3 is 2. The minimum atomic E-state index is -0.308. The molecular weight excluding hydrogens is 294 g/mol. The Labute approximate surface area is 123 Å². The molecule has 8 nitrogen and oxygen atoms in total. The number of fused-ring (bicyclic) bond motifs is 1. The van der Waals surface area contributed by atoms with E-state index in [9.17, 15) is 4.79 Å². The molecule has 0 radical (unpaired) electrons. The van der Waals surface area contributed by atoms with Gasteiger partial charge in [0.15, 0.2) is 0 Å². The predicted molar refractivity (Wildman–Crippen MR) is 76.2 cm³/mol. The predicted octanol–water partition coefficient (Wildman–Crippen LogP) is 1.46. The Morgan fingerprint density at radius 2 is 1.95 bits per heavy atom. The number of hydrogen-bond donors (Lipinski definition) is 1. The number of aromatic nitrogens is 4. The Morgan fingerprint density at radius 3 is 2.57 bits per heavy atom. The first-order valence-corrected chi connectivity index (χ1v) is 6.72. The average Bonchev–Trinajstić information content (AvgIpc) is 3.07. The number of nitrogens with zero attached hydrogens (tertiary/aromatic N) is 4. The molecule has 9 heteroatoms. The molecular formula is C12H11N5O3S. The number of carbonyl (C=O) groups excluding carboxylic acids is 1. The van der Waals surface area contributed by atoms with Gasteiger partial charge in [-0.3, -0.25) is 10.1 Å². The van der Waals surface area contributed by atoms with E-state index in [0.717, 1.165) is 0 Å². The van der Waals surface area contributed by atoms with Gasteiger partial charge in [-0.05, 0) is 12.1 Å². The summed E-state index contributed by atoms with van der Waals surface area (Å²) in [6.07, 6.45) is 1.47. The minimum Gasteiger partial charge on any atom is -0.497 e. The van der Waals surface area contributed by atoms with E-state index in [1.54, 1.807) is 18.2 Å². The largest absolute Gasteiger partial charge is 0.497 e. The summed E-state index contributed by atoms with van der Waals surface area (Å²) < 4.78 is 11.8. The van der Waals surface area contributed by atoms with Crippen LogP contribution in [0.4, 0.5) is 5.13 Å². The van der Waals surface area contributed by atoms with Crippen LogP contribution in [0.2, 0.25) is 0 Å². The van der Waals surface area contributed by atoms with Crippen molar-refractivity contribution in [3.8, 4) is 11.5 Å². The lowest BCUT2D eigenvalue weighted by Gasteiger charge is -2.07. The number of benzene rings is 1. The quantitative estimate of drug-likeness (QED) is 0.784. The highest BCUT2D eigenvalue weighted by atomic mass is 32.1. The van der Waals surface area contributed by atoms with E-state index in [0.29, 0.717) is 27.2 Å². The van der Waals surface area contributed by atoms with Crippen molar-refractivity contribution < 1.29 is 14.3 Å². The van der Waals surface area contributed by atoms with Gasteiger partial charge in [0.2, 0.25) is 10.1 Å². The topological polar surface area (TPSA) is 90.6 Å². The second-order valence-corrected chi connectivity index (χ2v) is 4.98. The Morgan fingerprint density at radius 1 is 1.24 bits per heavy atom. The van der Waals surface area contributed by atoms with Gasteiger partial charge in [0.25, 0.3) is 5.91 Å². The fourth-order valence-corrected chi connectivity index (χ4v) is 2.43. The Balaban J connectivity index is 1.85. The van der Waals surface area contributed by atoms with E-state index in [4.69, 9.17) is 9.47 Å². The second-order valence-electron chi connectivity index (χ2n) is 4.02. The lowest BCUT2D eigenvalue weighted by Crippen LogP contribution is -2.12. The van der Waals surface area contributed by atoms with Gasteiger partial charge in [-0.1, -0.05) is 11.3 Å². The Hall–Kier alpha value is -2.68. The number of nitrogens with one attached hydrogen (secondary N) is 1. The molecule has 0 aliphatic rings. The van der Waals surface area contributed by atoms with Crippen LogP contribution in [0.3, 0.4) is 0 Å². The zero-order chi connectivity index (χ0) is 14.8. The molecule has 21 heavy (non-hydrogen) atoms. The van der Waals surface area contributed by atoms with Crippen molar-refractivity contribution in [2.45, 2.75) is 0 Å². The summed E-state index contributed by atoms with van der Waals surface area (Å²) in [7, 11) is 3.05. The molecule has 3 aromatic rings. The van der Waals surface area contributed by atoms with Crippen LogP contribution in [-0.2, 0) is 0 Å². The molecule has 1 amide bonds. The van der Waals surface area contributed by atoms with E-state index >= 15 is 0 Å². The highest BCUT2D eigenvalue weighted by molar-refractivity contribution is 7.20. The van der Waals surface area contributed by atoms with Gasteiger partial charge in [0.05, 0.1) is 14.2 Å². The molecule has 0 aliphatic carbocycles. The van der Waals surface area contributed by atoms with Gasteiger partial charge in [-0.15, -0.1) is 15.3 Å². The molecule has 0 fully saturated rings. The molecule has 0 atom stereocenters. The van der Waals surface area contributed by atoms with E-state index in [-0.39, 0.29) is 5.91 Å². The van der Waals surface area contributed by atoms with Crippen molar-refractivity contribution in [2.24, 2.45) is 0 Å². The summed E-state index contributed by atoms with van der Waals surface area (Å²) in [5.74, 6) is 0.771. The first kappa shape index (κ1) is 13.3. The molecule has 0 unspecified atom stereocenters. The van der Waals surface area contributed by atoms with Gasteiger partial charge in [-0.25, -0.2) is 0 Å². The van der Waals surface area contributed by atoms with Gasteiger partial charge < -0.3 is 9.47 Å². The zero-order valence-electron chi connectivity index (χ0n) is 11.2. The molecule has 2 heterocycles. The summed E-state index contributed by atoms with van der Waals surface area (Å²) in [6, 6.07) is 4.94. The lowest BCUT2D eigenvalue weighted by atomic mass is 10.2. The first-order valence-electron chi connectivity index (χ1n) is 5.91. The van der Waals surface area contributed by atoms with Crippen LogP contribution in [0.5, 0.6) is 11.5 Å². The summed E-state index contributed by atoms with van der Waals surface area (Å²) in [6.45, 7) is 0. The van der Waals surface area contributed by atoms with Crippen molar-refractivity contribution in [1.82, 2.24) is 19.8 Å². The van der Waals surface area contributed by atoms with Gasteiger partial charge >= 0.3 is 0 Å². The number of rotatable bonds is 4. The smallest absolute Gasteiger partial charge is 0.257 e. The van der Waals surface area contributed by atoms with Crippen molar-refractivity contribution in [3.05, 3.63) is 30.1 Å². The van der Waals surface area contributed by atoms with Crippen LogP contribution in [0, 0.1) is 0 Å². The third kappa shape index (κ3) is 2.63. The van der Waals surface area contributed by atoms with Crippen LogP contribution in [0.15, 0.2) is 24.5 Å². The molecule has 108 valence electrons. The number of amides is 1. The minimum absolute atomic E-state index is 0.308. The molecule has 1 N–H and O–H groups in total. The standard InChI is InChI=1S/C12H11N5O3S/c1-19-8-3-7(4-9(5-8)20-2)10(18)14-11-16-17-6-13-15-12(17)21-11/h3-6H,1-2H3,(H,14,16,18). The maximum absolute atomic E-state index is 12.2. The third-order valence-electron chi connectivity index (χ3n) is 2.72. The van der Waals surface area contributed by atoms with Crippen molar-refractivity contribution in [1.29, 1.82) is 0 Å². The summed E-state index contributed by atoms with van der Waals surface area (Å²) in [5, 5.41) is 14.8. The van der Waals surface area contributed by atoms with Crippen molar-refractivity contribution >= 4 is 27.3 Å². The SMILES string of the molecule is COc1cc(OC)cc(C(=O)Nc2nn3cnnc3s2)c1. The number of ether oxygens (including phenoxy) is 2. The molecule has 0 bridgehead atoms. The monoisotopic (exact) mass is 305 g/mol. The van der Waals surface area contributed by atoms with Crippen LogP contribution >= 0.6 is 11.3 Å². The lowest BCUT2D eigenvalue weighted by molar-refractivity contribution is 0.102. The Bertz CT molecular complexity index is 746. The van der Waals surface area contributed by atoms with Crippen molar-refractivity contribution in [3.63, 3.8) is 0 Å². The van der Waals surface area contributed by atoms with Gasteiger partial charge in [0.1, 0.15) is 17.8 Å². The van der Waals surface area contributed by atoms with Crippen LogP contribution in [0.25, 0.3) is 4.96 Å². The Kier molecular flexibility index (Phi) is 3.40. The highest BCUT2D eigenvalue weighted by Gasteiger charge is 2.13. The maximum atomic E-state index is 12.2. The number of carbonyl (C=O) groups is 1. The van der Waals surface area contributed by atoms with Crippen LogP contribution in [0.1, 0.15) is 10.4 Å². The summed E-state index contributed by atoms with van der Waals surface area (Å²) in [5.41, 5.74) is 0.414. The normalized spacial score (nSPS) is 10.6. The summed E-state index contributed by atoms with van der Waals surface area (Å²) in [4.78, 5) is 12.9. The van der Waals surface area contributed by atoms with E-state index in [1.165, 1.54) is 36.4 Å². The van der Waals surface area contributed by atoms with Gasteiger partial charge in [-0.2, -0.15) is 4.52 Å². The molecule has 0 saturated carbocycles. The zero-order valence-corrected chi connectivity index (χ0v) is 12.0. The third-order valence-corrected chi connectivity index (χ3v) is 3.55. The fourth-order valence-electron chi connectivity index (χ4n) is 1.72. The maximum Gasteiger partial charge on any atom is 0.257 e. The number of hydrogen-bond acceptors (Lipinski definition) is 7. The van der Waals surface area contributed by atoms with E-state index in [2.05, 4.69) is 20.6 Å². The second kappa shape index (κ2) is 5.37. The van der Waals surface area contributed by atoms with Gasteiger partial charge in [0, 0.05) is 11.6 Å². The number of anilines is 1. The first-order chi connectivity index (χ1) is 10.2. The van der Waals surface area contributed by atoms with Crippen molar-refractivity contribution in [2.75, 3.05) is 19.5 Å². The van der Waals surface area contributed by atoms with E-state index < -0.39 is 0 Å². The molecule has 0 aliphatic heterocycles. The average molecular weight is 305 g/mol. The molecule has 0 saturated heterocycles. The summed E-state index contributed by atoms with van der Waals surface area (Å²) >= 11 is 1.23. The molecule has 0 spiro atoms. The van der Waals surface area contributed by atoms with E-state index in [1.807, 2.05) is 0 Å². The highest BCUT2D eigenvalue weighted by Crippen LogP contribution is 2.24. The molecule has 1 aromatic carbocycles. The van der Waals surface area contributed by atoms with Crippen LogP contribution in [-0.4, -0.2) is 39.9 Å². The molecule has 3 rings (SSSR count). The van der Waals surface area contributed by atoms with Crippen LogP contribution < -0.4 is 14.8 Å². The molecule has 2 aromatic heterocycles. The fraction of sp³-hybridized carbons (Fsp3) is 0.167.